The van der Waals surface area contributed by atoms with Crippen LogP contribution in [0.3, 0.4) is 0 Å². The minimum atomic E-state index is 0.165. The van der Waals surface area contributed by atoms with Crippen LogP contribution in [0.25, 0.3) is 0 Å². The third kappa shape index (κ3) is 2.72. The molecule has 1 aromatic carbocycles. The monoisotopic (exact) mass is 299 g/mol. The van der Waals surface area contributed by atoms with E-state index in [1.807, 2.05) is 26.1 Å². The fourth-order valence-electron chi connectivity index (χ4n) is 2.05. The second-order valence-corrected chi connectivity index (χ2v) is 6.48. The van der Waals surface area contributed by atoms with Gasteiger partial charge in [-0.15, -0.1) is 11.3 Å². The first-order chi connectivity index (χ1) is 8.52. The van der Waals surface area contributed by atoms with E-state index in [9.17, 15) is 0 Å². The van der Waals surface area contributed by atoms with Gasteiger partial charge in [-0.2, -0.15) is 0 Å². The first kappa shape index (κ1) is 13.9. The number of aryl methyl sites for hydroxylation is 2. The van der Waals surface area contributed by atoms with Gasteiger partial charge in [-0.05, 0) is 55.8 Å². The Hall–Kier alpha value is -0.540. The molecule has 1 nitrogen and oxygen atoms in total. The Kier molecular flexibility index (Phi) is 4.33. The average molecular weight is 300 g/mol. The third-order valence-electron chi connectivity index (χ3n) is 3.03. The van der Waals surface area contributed by atoms with Gasteiger partial charge in [0.05, 0.1) is 10.4 Å². The van der Waals surface area contributed by atoms with E-state index in [1.165, 1.54) is 16.0 Å². The molecule has 0 spiro atoms. The lowest BCUT2D eigenvalue weighted by atomic mass is 9.98. The van der Waals surface area contributed by atoms with Crippen molar-refractivity contribution in [1.82, 2.24) is 5.32 Å². The molecule has 1 unspecified atom stereocenters. The van der Waals surface area contributed by atoms with E-state index in [0.29, 0.717) is 0 Å². The second kappa shape index (κ2) is 5.62. The summed E-state index contributed by atoms with van der Waals surface area (Å²) in [6.45, 7) is 4.11. The van der Waals surface area contributed by atoms with Crippen LogP contribution in [0.15, 0.2) is 24.3 Å². The molecule has 0 radical (unpaired) electrons. The number of hydrogen-bond donors (Lipinski definition) is 1. The predicted molar refractivity (Wildman–Crippen MR) is 81.2 cm³/mol. The van der Waals surface area contributed by atoms with Crippen molar-refractivity contribution in [2.45, 2.75) is 19.9 Å². The highest BCUT2D eigenvalue weighted by Gasteiger charge is 2.17. The van der Waals surface area contributed by atoms with Crippen molar-refractivity contribution >= 4 is 34.5 Å². The molecule has 1 atom stereocenters. The molecule has 2 rings (SSSR count). The summed E-state index contributed by atoms with van der Waals surface area (Å²) in [5.74, 6) is 0. The van der Waals surface area contributed by atoms with Crippen LogP contribution in [-0.4, -0.2) is 7.05 Å². The molecular weight excluding hydrogens is 285 g/mol. The van der Waals surface area contributed by atoms with Crippen LogP contribution >= 0.6 is 34.5 Å². The van der Waals surface area contributed by atoms with E-state index < -0.39 is 0 Å². The summed E-state index contributed by atoms with van der Waals surface area (Å²) in [6, 6.07) is 8.33. The van der Waals surface area contributed by atoms with Crippen LogP contribution in [0.1, 0.15) is 27.6 Å². The van der Waals surface area contributed by atoms with Crippen molar-refractivity contribution in [3.8, 4) is 0 Å². The molecule has 18 heavy (non-hydrogen) atoms. The maximum Gasteiger partial charge on any atom is 0.0931 e. The maximum atomic E-state index is 6.15. The standard InChI is InChI=1S/C14H15Cl2NS/c1-8-7-11(15)9(2)6-10(8)14(17-3)12-4-5-13(16)18-12/h4-7,14,17H,1-3H3. The van der Waals surface area contributed by atoms with Crippen LogP contribution in [0.5, 0.6) is 0 Å². The van der Waals surface area contributed by atoms with Crippen LogP contribution in [0.4, 0.5) is 0 Å². The molecule has 2 aromatic rings. The minimum absolute atomic E-state index is 0.165. The van der Waals surface area contributed by atoms with Crippen LogP contribution in [0, 0.1) is 13.8 Å². The molecule has 1 aromatic heterocycles. The lowest BCUT2D eigenvalue weighted by Crippen LogP contribution is -2.17. The van der Waals surface area contributed by atoms with Gasteiger partial charge in [0.15, 0.2) is 0 Å². The highest BCUT2D eigenvalue weighted by Crippen LogP contribution is 2.33. The largest absolute Gasteiger partial charge is 0.309 e. The van der Waals surface area contributed by atoms with Gasteiger partial charge >= 0.3 is 0 Å². The molecule has 0 amide bonds. The fourth-order valence-corrected chi connectivity index (χ4v) is 3.46. The lowest BCUT2D eigenvalue weighted by Gasteiger charge is -2.18. The molecule has 0 aliphatic carbocycles. The normalized spacial score (nSPS) is 12.7. The number of benzene rings is 1. The van der Waals surface area contributed by atoms with Gasteiger partial charge in [0.25, 0.3) is 0 Å². The molecule has 0 saturated heterocycles. The number of hydrogen-bond acceptors (Lipinski definition) is 2. The summed E-state index contributed by atoms with van der Waals surface area (Å²) in [7, 11) is 1.96. The number of nitrogens with one attached hydrogen (secondary N) is 1. The Bertz CT molecular complexity index is 563. The van der Waals surface area contributed by atoms with Crippen molar-refractivity contribution in [3.05, 3.63) is 55.2 Å². The van der Waals surface area contributed by atoms with Gasteiger partial charge < -0.3 is 5.32 Å². The van der Waals surface area contributed by atoms with Gasteiger partial charge in [-0.25, -0.2) is 0 Å². The zero-order chi connectivity index (χ0) is 13.3. The highest BCUT2D eigenvalue weighted by molar-refractivity contribution is 7.16. The van der Waals surface area contributed by atoms with Gasteiger partial charge in [0.1, 0.15) is 0 Å². The first-order valence-electron chi connectivity index (χ1n) is 5.72. The first-order valence-corrected chi connectivity index (χ1v) is 7.29. The Morgan fingerprint density at radius 1 is 1.11 bits per heavy atom. The maximum absolute atomic E-state index is 6.15. The summed E-state index contributed by atoms with van der Waals surface area (Å²) in [5, 5.41) is 4.16. The topological polar surface area (TPSA) is 12.0 Å². The van der Waals surface area contributed by atoms with Crippen molar-refractivity contribution in [2.75, 3.05) is 7.05 Å². The molecule has 1 N–H and O–H groups in total. The summed E-state index contributed by atoms with van der Waals surface area (Å²) in [6.07, 6.45) is 0. The highest BCUT2D eigenvalue weighted by atomic mass is 35.5. The Morgan fingerprint density at radius 3 is 2.39 bits per heavy atom. The Labute approximate surface area is 122 Å². The number of thiophene rings is 1. The van der Waals surface area contributed by atoms with E-state index in [1.54, 1.807) is 11.3 Å². The van der Waals surface area contributed by atoms with E-state index in [2.05, 4.69) is 24.4 Å². The van der Waals surface area contributed by atoms with E-state index in [4.69, 9.17) is 23.2 Å². The van der Waals surface area contributed by atoms with Crippen molar-refractivity contribution in [2.24, 2.45) is 0 Å². The smallest absolute Gasteiger partial charge is 0.0931 e. The van der Waals surface area contributed by atoms with Crippen LogP contribution < -0.4 is 5.32 Å². The summed E-state index contributed by atoms with van der Waals surface area (Å²) in [5.41, 5.74) is 3.53. The number of halogens is 2. The molecule has 0 fully saturated rings. The zero-order valence-corrected chi connectivity index (χ0v) is 12.9. The van der Waals surface area contributed by atoms with E-state index in [0.717, 1.165) is 14.9 Å². The second-order valence-electron chi connectivity index (χ2n) is 4.32. The minimum Gasteiger partial charge on any atom is -0.309 e. The quantitative estimate of drug-likeness (QED) is 0.843. The zero-order valence-electron chi connectivity index (χ0n) is 10.6. The van der Waals surface area contributed by atoms with Gasteiger partial charge in [0.2, 0.25) is 0 Å². The van der Waals surface area contributed by atoms with E-state index in [-0.39, 0.29) is 6.04 Å². The summed E-state index contributed by atoms with van der Waals surface area (Å²) < 4.78 is 0.814. The molecule has 1 heterocycles. The summed E-state index contributed by atoms with van der Waals surface area (Å²) in [4.78, 5) is 1.22. The van der Waals surface area contributed by atoms with Crippen molar-refractivity contribution in [3.63, 3.8) is 0 Å². The Balaban J connectivity index is 2.48. The molecule has 4 heteroatoms. The lowest BCUT2D eigenvalue weighted by molar-refractivity contribution is 0.699. The molecule has 96 valence electrons. The predicted octanol–water partition coefficient (Wildman–Crippen LogP) is 4.98. The SMILES string of the molecule is CNC(c1ccc(Cl)s1)c1cc(C)c(Cl)cc1C. The number of rotatable bonds is 3. The summed E-state index contributed by atoms with van der Waals surface area (Å²) >= 11 is 13.8. The molecule has 0 aliphatic heterocycles. The van der Waals surface area contributed by atoms with E-state index >= 15 is 0 Å². The van der Waals surface area contributed by atoms with Gasteiger partial charge in [-0.3, -0.25) is 0 Å². The molecular formula is C14H15Cl2NS. The molecule has 0 saturated carbocycles. The van der Waals surface area contributed by atoms with Crippen molar-refractivity contribution < 1.29 is 0 Å². The molecule has 0 bridgehead atoms. The average Bonchev–Trinajstić information content (AvgIpc) is 2.73. The fraction of sp³-hybridized carbons (Fsp3) is 0.286. The van der Waals surface area contributed by atoms with Crippen LogP contribution in [-0.2, 0) is 0 Å². The van der Waals surface area contributed by atoms with Crippen LogP contribution in [0.2, 0.25) is 9.36 Å². The van der Waals surface area contributed by atoms with Gasteiger partial charge in [-0.1, -0.05) is 29.3 Å². The molecule has 0 aliphatic rings. The van der Waals surface area contributed by atoms with Crippen molar-refractivity contribution in [1.29, 1.82) is 0 Å². The Morgan fingerprint density at radius 2 is 1.83 bits per heavy atom. The van der Waals surface area contributed by atoms with Gasteiger partial charge in [0, 0.05) is 9.90 Å². The third-order valence-corrected chi connectivity index (χ3v) is 4.73.